The molecule has 0 fully saturated rings. The molecule has 108 valence electrons. The molecule has 0 aromatic rings. The van der Waals surface area contributed by atoms with Gasteiger partial charge in [-0.25, -0.2) is 5.84 Å². The summed E-state index contributed by atoms with van der Waals surface area (Å²) in [5, 5.41) is 0. The van der Waals surface area contributed by atoms with Crippen molar-refractivity contribution in [1.29, 1.82) is 0 Å². The van der Waals surface area contributed by atoms with Crippen molar-refractivity contribution in [3.8, 4) is 0 Å². The molecule has 0 aromatic heterocycles. The molecule has 0 aromatic carbocycles. The minimum absolute atomic E-state index is 0.0637. The van der Waals surface area contributed by atoms with E-state index in [0.717, 1.165) is 6.54 Å². The number of carbonyl (C=O) groups excluding carboxylic acids is 1. The Labute approximate surface area is 110 Å². The molecular formula is C12H27N3O3. The second kappa shape index (κ2) is 9.27. The van der Waals surface area contributed by atoms with Gasteiger partial charge in [-0.15, -0.1) is 0 Å². The molecule has 0 saturated carbocycles. The summed E-state index contributed by atoms with van der Waals surface area (Å²) in [6.45, 7) is 7.95. The molecule has 0 aliphatic heterocycles. The highest BCUT2D eigenvalue weighted by Crippen LogP contribution is 2.14. The Bertz CT molecular complexity index is 239. The summed E-state index contributed by atoms with van der Waals surface area (Å²) in [7, 11) is 3.34. The van der Waals surface area contributed by atoms with Gasteiger partial charge in [0.1, 0.15) is 0 Å². The summed E-state index contributed by atoms with van der Waals surface area (Å²) in [5.41, 5.74) is 2.20. The molecule has 0 spiro atoms. The van der Waals surface area contributed by atoms with E-state index in [4.69, 9.17) is 15.3 Å². The normalized spacial score (nSPS) is 16.4. The first-order valence-electron chi connectivity index (χ1n) is 6.23. The number of carbonyl (C=O) groups is 1. The topological polar surface area (TPSA) is 76.8 Å². The van der Waals surface area contributed by atoms with Gasteiger partial charge < -0.3 is 9.47 Å². The molecule has 1 amide bonds. The molecule has 0 saturated heterocycles. The van der Waals surface area contributed by atoms with Gasteiger partial charge in [0.25, 0.3) is 0 Å². The first-order chi connectivity index (χ1) is 8.49. The lowest BCUT2D eigenvalue weighted by atomic mass is 10.00. The molecule has 0 radical (unpaired) electrons. The van der Waals surface area contributed by atoms with Gasteiger partial charge in [0, 0.05) is 32.8 Å². The maximum atomic E-state index is 11.6. The van der Waals surface area contributed by atoms with Crippen molar-refractivity contribution in [1.82, 2.24) is 10.3 Å². The van der Waals surface area contributed by atoms with Gasteiger partial charge in [-0.05, 0) is 13.8 Å². The highest BCUT2D eigenvalue weighted by atomic mass is 16.5. The zero-order chi connectivity index (χ0) is 14.1. The van der Waals surface area contributed by atoms with Gasteiger partial charge in [-0.3, -0.25) is 15.1 Å². The fourth-order valence-electron chi connectivity index (χ4n) is 2.00. The number of nitrogens with two attached hydrogens (primary N) is 1. The van der Waals surface area contributed by atoms with Crippen LogP contribution in [0.15, 0.2) is 0 Å². The number of hydrogen-bond acceptors (Lipinski definition) is 5. The van der Waals surface area contributed by atoms with Crippen LogP contribution in [0.5, 0.6) is 0 Å². The van der Waals surface area contributed by atoms with Crippen LogP contribution in [0.3, 0.4) is 0 Å². The SMILES string of the molecule is COCCN(C(C)COC)C(C)C(C)C(=O)NN. The van der Waals surface area contributed by atoms with Crippen molar-refractivity contribution in [3.05, 3.63) is 0 Å². The number of methoxy groups -OCH3 is 2. The predicted octanol–water partition coefficient (Wildman–Crippen LogP) is -0.0158. The van der Waals surface area contributed by atoms with E-state index < -0.39 is 0 Å². The third-order valence-electron chi connectivity index (χ3n) is 3.33. The van der Waals surface area contributed by atoms with E-state index in [9.17, 15) is 4.79 Å². The molecule has 3 atom stereocenters. The van der Waals surface area contributed by atoms with E-state index in [1.54, 1.807) is 14.2 Å². The van der Waals surface area contributed by atoms with Crippen LogP contribution in [0.2, 0.25) is 0 Å². The standard InChI is InChI=1S/C12H27N3O3/c1-9(8-18-5)15(6-7-17-4)11(3)10(2)12(16)14-13/h9-11H,6-8,13H2,1-5H3,(H,14,16). The molecule has 18 heavy (non-hydrogen) atoms. The molecule has 3 N–H and O–H groups in total. The van der Waals surface area contributed by atoms with E-state index >= 15 is 0 Å². The largest absolute Gasteiger partial charge is 0.383 e. The van der Waals surface area contributed by atoms with Crippen LogP contribution in [-0.4, -0.2) is 56.9 Å². The van der Waals surface area contributed by atoms with Gasteiger partial charge in [-0.1, -0.05) is 6.92 Å². The number of rotatable bonds is 9. The predicted molar refractivity (Wildman–Crippen MR) is 70.9 cm³/mol. The first kappa shape index (κ1) is 17.3. The Morgan fingerprint density at radius 2 is 1.89 bits per heavy atom. The van der Waals surface area contributed by atoms with Crippen molar-refractivity contribution >= 4 is 5.91 Å². The maximum absolute atomic E-state index is 11.6. The third kappa shape index (κ3) is 5.30. The number of ether oxygens (including phenoxy) is 2. The first-order valence-corrected chi connectivity index (χ1v) is 6.23. The third-order valence-corrected chi connectivity index (χ3v) is 3.33. The second-order valence-corrected chi connectivity index (χ2v) is 4.57. The second-order valence-electron chi connectivity index (χ2n) is 4.57. The van der Waals surface area contributed by atoms with Crippen LogP contribution in [0, 0.1) is 5.92 Å². The van der Waals surface area contributed by atoms with E-state index in [0.29, 0.717) is 13.2 Å². The van der Waals surface area contributed by atoms with Gasteiger partial charge >= 0.3 is 0 Å². The Hall–Kier alpha value is -0.690. The Morgan fingerprint density at radius 3 is 2.33 bits per heavy atom. The van der Waals surface area contributed by atoms with Crippen LogP contribution in [0.4, 0.5) is 0 Å². The number of hydrogen-bond donors (Lipinski definition) is 2. The summed E-state index contributed by atoms with van der Waals surface area (Å²) in [4.78, 5) is 13.8. The molecule has 0 aliphatic carbocycles. The quantitative estimate of drug-likeness (QED) is 0.347. The van der Waals surface area contributed by atoms with Crippen molar-refractivity contribution in [3.63, 3.8) is 0 Å². The molecule has 0 aliphatic rings. The van der Waals surface area contributed by atoms with Crippen molar-refractivity contribution in [2.75, 3.05) is 34.0 Å². The molecular weight excluding hydrogens is 234 g/mol. The highest BCUT2D eigenvalue weighted by Gasteiger charge is 2.28. The summed E-state index contributed by atoms with van der Waals surface area (Å²) in [6, 6.07) is 0.280. The monoisotopic (exact) mass is 261 g/mol. The van der Waals surface area contributed by atoms with E-state index in [1.165, 1.54) is 0 Å². The van der Waals surface area contributed by atoms with E-state index in [1.807, 2.05) is 13.8 Å². The van der Waals surface area contributed by atoms with Crippen LogP contribution in [0.25, 0.3) is 0 Å². The van der Waals surface area contributed by atoms with Crippen molar-refractivity contribution in [2.45, 2.75) is 32.9 Å². The Morgan fingerprint density at radius 1 is 1.28 bits per heavy atom. The molecule has 6 nitrogen and oxygen atoms in total. The Kier molecular flexibility index (Phi) is 8.91. The van der Waals surface area contributed by atoms with Crippen LogP contribution in [0.1, 0.15) is 20.8 Å². The van der Waals surface area contributed by atoms with Gasteiger partial charge in [-0.2, -0.15) is 0 Å². The zero-order valence-corrected chi connectivity index (χ0v) is 12.1. The number of nitrogens with zero attached hydrogens (tertiary/aromatic N) is 1. The highest BCUT2D eigenvalue weighted by molar-refractivity contribution is 5.78. The minimum Gasteiger partial charge on any atom is -0.383 e. The van der Waals surface area contributed by atoms with E-state index in [-0.39, 0.29) is 23.9 Å². The minimum atomic E-state index is -0.189. The molecule has 0 rings (SSSR count). The van der Waals surface area contributed by atoms with E-state index in [2.05, 4.69) is 17.2 Å². The van der Waals surface area contributed by atoms with Gasteiger partial charge in [0.15, 0.2) is 0 Å². The average molecular weight is 261 g/mol. The number of amides is 1. The van der Waals surface area contributed by atoms with Crippen LogP contribution < -0.4 is 11.3 Å². The van der Waals surface area contributed by atoms with Gasteiger partial charge in [0.2, 0.25) is 5.91 Å². The lowest BCUT2D eigenvalue weighted by Crippen LogP contribution is -2.51. The fraction of sp³-hybridized carbons (Fsp3) is 0.917. The lowest BCUT2D eigenvalue weighted by Gasteiger charge is -2.36. The summed E-state index contributed by atoms with van der Waals surface area (Å²) < 4.78 is 10.3. The lowest BCUT2D eigenvalue weighted by molar-refractivity contribution is -0.127. The summed E-state index contributed by atoms with van der Waals surface area (Å²) in [5.74, 6) is 4.83. The van der Waals surface area contributed by atoms with Gasteiger partial charge in [0.05, 0.1) is 19.1 Å². The zero-order valence-electron chi connectivity index (χ0n) is 12.1. The average Bonchev–Trinajstić information content (AvgIpc) is 2.37. The number of nitrogens with one attached hydrogen (secondary N) is 1. The number of hydrazine groups is 1. The van der Waals surface area contributed by atoms with Crippen molar-refractivity contribution < 1.29 is 14.3 Å². The van der Waals surface area contributed by atoms with Crippen LogP contribution >= 0.6 is 0 Å². The smallest absolute Gasteiger partial charge is 0.238 e. The summed E-state index contributed by atoms with van der Waals surface area (Å²) in [6.07, 6.45) is 0. The molecule has 0 heterocycles. The maximum Gasteiger partial charge on any atom is 0.238 e. The Balaban J connectivity index is 4.65. The molecule has 0 bridgehead atoms. The molecule has 6 heteroatoms. The summed E-state index contributed by atoms with van der Waals surface area (Å²) >= 11 is 0. The molecule has 3 unspecified atom stereocenters. The fourth-order valence-corrected chi connectivity index (χ4v) is 2.00. The van der Waals surface area contributed by atoms with Crippen molar-refractivity contribution in [2.24, 2.45) is 11.8 Å². The van der Waals surface area contributed by atoms with Crippen LogP contribution in [-0.2, 0) is 14.3 Å².